The molecule has 0 fully saturated rings. The number of aryl methyl sites for hydroxylation is 3. The zero-order chi connectivity index (χ0) is 26.1. The van der Waals surface area contributed by atoms with Crippen molar-refractivity contribution in [3.8, 4) is 22.8 Å². The van der Waals surface area contributed by atoms with Crippen molar-refractivity contribution in [1.29, 1.82) is 0 Å². The minimum absolute atomic E-state index is 0.303. The SMILES string of the molecule is COc1cc(OC)cc([C@@H](NC(=O)c2cc(-c3ccc(C)cc3)nc3onc(C)c23)c2nccn2C)c1. The predicted molar refractivity (Wildman–Crippen MR) is 139 cm³/mol. The van der Waals surface area contributed by atoms with E-state index >= 15 is 0 Å². The van der Waals surface area contributed by atoms with Crippen LogP contribution in [0.5, 0.6) is 11.5 Å². The van der Waals surface area contributed by atoms with Crippen molar-refractivity contribution in [3.05, 3.63) is 89.1 Å². The Morgan fingerprint density at radius 3 is 2.35 bits per heavy atom. The Morgan fingerprint density at radius 1 is 1.03 bits per heavy atom. The second kappa shape index (κ2) is 9.77. The molecule has 9 heteroatoms. The van der Waals surface area contributed by atoms with Crippen molar-refractivity contribution in [2.75, 3.05) is 14.2 Å². The van der Waals surface area contributed by atoms with Gasteiger partial charge in [0.1, 0.15) is 23.4 Å². The second-order valence-electron chi connectivity index (χ2n) is 8.82. The molecule has 0 spiro atoms. The van der Waals surface area contributed by atoms with Crippen molar-refractivity contribution in [1.82, 2.24) is 25.0 Å². The summed E-state index contributed by atoms with van der Waals surface area (Å²) in [6, 6.07) is 14.6. The molecule has 5 aromatic rings. The van der Waals surface area contributed by atoms with Crippen molar-refractivity contribution in [2.45, 2.75) is 19.9 Å². The Balaban J connectivity index is 1.62. The summed E-state index contributed by atoms with van der Waals surface area (Å²) in [5.74, 6) is 1.54. The number of nitrogens with zero attached hydrogens (tertiary/aromatic N) is 4. The maximum atomic E-state index is 13.9. The van der Waals surface area contributed by atoms with E-state index in [4.69, 9.17) is 14.0 Å². The highest BCUT2D eigenvalue weighted by Crippen LogP contribution is 2.31. The number of rotatable bonds is 7. The van der Waals surface area contributed by atoms with E-state index in [0.29, 0.717) is 45.4 Å². The van der Waals surface area contributed by atoms with Crippen LogP contribution in [0.2, 0.25) is 0 Å². The number of imidazole rings is 1. The lowest BCUT2D eigenvalue weighted by Crippen LogP contribution is -2.31. The Kier molecular flexibility index (Phi) is 6.35. The fourth-order valence-corrected chi connectivity index (χ4v) is 4.30. The lowest BCUT2D eigenvalue weighted by atomic mass is 10.0. The molecule has 3 aromatic heterocycles. The van der Waals surface area contributed by atoms with E-state index in [2.05, 4.69) is 20.4 Å². The Morgan fingerprint density at radius 2 is 1.73 bits per heavy atom. The van der Waals surface area contributed by atoms with Gasteiger partial charge in [-0.15, -0.1) is 0 Å². The molecule has 1 atom stereocenters. The zero-order valence-electron chi connectivity index (χ0n) is 21.3. The summed E-state index contributed by atoms with van der Waals surface area (Å²) in [4.78, 5) is 23.1. The van der Waals surface area contributed by atoms with Gasteiger partial charge in [-0.05, 0) is 37.6 Å². The number of amides is 1. The molecule has 5 rings (SSSR count). The van der Waals surface area contributed by atoms with Crippen LogP contribution in [0.1, 0.15) is 39.0 Å². The normalized spacial score (nSPS) is 11.9. The molecule has 0 aliphatic heterocycles. The molecule has 0 aliphatic carbocycles. The molecule has 0 saturated carbocycles. The minimum atomic E-state index is -0.595. The van der Waals surface area contributed by atoms with Crippen molar-refractivity contribution < 1.29 is 18.8 Å². The van der Waals surface area contributed by atoms with E-state index in [-0.39, 0.29) is 5.91 Å². The molecular weight excluding hydrogens is 470 g/mol. The lowest BCUT2D eigenvalue weighted by Gasteiger charge is -2.21. The highest BCUT2D eigenvalue weighted by atomic mass is 16.5. The summed E-state index contributed by atoms with van der Waals surface area (Å²) in [7, 11) is 5.05. The summed E-state index contributed by atoms with van der Waals surface area (Å²) in [5.41, 5.74) is 4.67. The van der Waals surface area contributed by atoms with E-state index in [9.17, 15) is 4.79 Å². The second-order valence-corrected chi connectivity index (χ2v) is 8.82. The van der Waals surface area contributed by atoms with Gasteiger partial charge in [-0.25, -0.2) is 9.97 Å². The highest BCUT2D eigenvalue weighted by Gasteiger charge is 2.26. The maximum Gasteiger partial charge on any atom is 0.259 e. The smallest absolute Gasteiger partial charge is 0.259 e. The Labute approximate surface area is 214 Å². The molecule has 0 radical (unpaired) electrons. The molecule has 188 valence electrons. The van der Waals surface area contributed by atoms with Crippen LogP contribution in [-0.2, 0) is 7.05 Å². The van der Waals surface area contributed by atoms with Crippen LogP contribution >= 0.6 is 0 Å². The molecule has 9 nitrogen and oxygen atoms in total. The molecule has 1 N–H and O–H groups in total. The van der Waals surface area contributed by atoms with E-state index in [1.165, 1.54) is 0 Å². The van der Waals surface area contributed by atoms with Gasteiger partial charge in [-0.1, -0.05) is 35.0 Å². The van der Waals surface area contributed by atoms with Crippen LogP contribution in [-0.4, -0.2) is 39.8 Å². The monoisotopic (exact) mass is 497 g/mol. The van der Waals surface area contributed by atoms with Gasteiger partial charge in [0.25, 0.3) is 11.6 Å². The lowest BCUT2D eigenvalue weighted by molar-refractivity contribution is 0.0942. The van der Waals surface area contributed by atoms with E-state index in [1.54, 1.807) is 39.5 Å². The first-order valence-corrected chi connectivity index (χ1v) is 11.7. The molecule has 0 aliphatic rings. The van der Waals surface area contributed by atoms with E-state index < -0.39 is 6.04 Å². The topological polar surface area (TPSA) is 104 Å². The Bertz CT molecular complexity index is 1560. The summed E-state index contributed by atoms with van der Waals surface area (Å²) in [5, 5.41) is 7.79. The van der Waals surface area contributed by atoms with Gasteiger partial charge in [0.05, 0.1) is 36.6 Å². The molecule has 37 heavy (non-hydrogen) atoms. The quantitative estimate of drug-likeness (QED) is 0.345. The van der Waals surface area contributed by atoms with Gasteiger partial charge in [0.15, 0.2) is 0 Å². The third kappa shape index (κ3) is 4.63. The number of benzene rings is 2. The zero-order valence-corrected chi connectivity index (χ0v) is 21.3. The first-order chi connectivity index (χ1) is 17.9. The fourth-order valence-electron chi connectivity index (χ4n) is 4.30. The number of pyridine rings is 1. The molecule has 2 aromatic carbocycles. The van der Waals surface area contributed by atoms with Crippen molar-refractivity contribution in [2.24, 2.45) is 7.05 Å². The van der Waals surface area contributed by atoms with Crippen LogP contribution in [0.4, 0.5) is 0 Å². The number of hydrogen-bond acceptors (Lipinski definition) is 7. The van der Waals surface area contributed by atoms with Gasteiger partial charge in [0.2, 0.25) is 0 Å². The van der Waals surface area contributed by atoms with Crippen LogP contribution < -0.4 is 14.8 Å². The molecule has 0 saturated heterocycles. The fraction of sp³-hybridized carbons (Fsp3) is 0.214. The van der Waals surface area contributed by atoms with Gasteiger partial charge >= 0.3 is 0 Å². The van der Waals surface area contributed by atoms with Crippen molar-refractivity contribution in [3.63, 3.8) is 0 Å². The summed E-state index contributed by atoms with van der Waals surface area (Å²) < 4.78 is 18.3. The molecule has 0 unspecified atom stereocenters. The number of fused-ring (bicyclic) bond motifs is 1. The summed E-state index contributed by atoms with van der Waals surface area (Å²) in [6.45, 7) is 3.81. The summed E-state index contributed by atoms with van der Waals surface area (Å²) >= 11 is 0. The number of methoxy groups -OCH3 is 2. The number of carbonyl (C=O) groups is 1. The van der Waals surface area contributed by atoms with Crippen molar-refractivity contribution >= 4 is 17.0 Å². The van der Waals surface area contributed by atoms with Crippen LogP contribution in [0.25, 0.3) is 22.4 Å². The molecule has 0 bridgehead atoms. The minimum Gasteiger partial charge on any atom is -0.497 e. The van der Waals surface area contributed by atoms with Crippen LogP contribution in [0, 0.1) is 13.8 Å². The number of nitrogens with one attached hydrogen (secondary N) is 1. The van der Waals surface area contributed by atoms with Gasteiger partial charge in [0, 0.05) is 31.1 Å². The first-order valence-electron chi connectivity index (χ1n) is 11.7. The first kappa shape index (κ1) is 24.1. The third-order valence-electron chi connectivity index (χ3n) is 6.31. The standard InChI is InChI=1S/C28H27N5O4/c1-16-6-8-18(9-7-16)23-15-22(24-17(2)32-37-28(24)30-23)27(34)31-25(26-29-10-11-33(26)3)19-12-20(35-4)14-21(13-19)36-5/h6-15,25H,1-5H3,(H,31,34)/t25-/m1/s1. The van der Waals surface area contributed by atoms with Gasteiger partial charge in [-0.2, -0.15) is 0 Å². The summed E-state index contributed by atoms with van der Waals surface area (Å²) in [6.07, 6.45) is 3.52. The molecule has 1 amide bonds. The Hall–Kier alpha value is -4.66. The average Bonchev–Trinajstić information content (AvgIpc) is 3.51. The molecule has 3 heterocycles. The van der Waals surface area contributed by atoms with Gasteiger partial charge < -0.3 is 23.9 Å². The predicted octanol–water partition coefficient (Wildman–Crippen LogP) is 4.78. The van der Waals surface area contributed by atoms with Crippen LogP contribution in [0.15, 0.2) is 65.4 Å². The van der Waals surface area contributed by atoms with E-state index in [0.717, 1.165) is 16.7 Å². The highest BCUT2D eigenvalue weighted by molar-refractivity contribution is 6.07. The van der Waals surface area contributed by atoms with Gasteiger partial charge in [-0.3, -0.25) is 4.79 Å². The number of aromatic nitrogens is 4. The average molecular weight is 498 g/mol. The third-order valence-corrected chi connectivity index (χ3v) is 6.31. The number of ether oxygens (including phenoxy) is 2. The maximum absolute atomic E-state index is 13.9. The number of hydrogen-bond donors (Lipinski definition) is 1. The van der Waals surface area contributed by atoms with E-state index in [1.807, 2.05) is 61.1 Å². The largest absolute Gasteiger partial charge is 0.497 e. The van der Waals surface area contributed by atoms with Crippen LogP contribution in [0.3, 0.4) is 0 Å². The molecular formula is C28H27N5O4. The number of carbonyl (C=O) groups excluding carboxylic acids is 1.